The summed E-state index contributed by atoms with van der Waals surface area (Å²) in [5.41, 5.74) is 0. The van der Waals surface area contributed by atoms with Crippen LogP contribution in [0.5, 0.6) is 0 Å². The van der Waals surface area contributed by atoms with Gasteiger partial charge in [0.05, 0.1) is 6.61 Å². The molecule has 1 unspecified atom stereocenters. The zero-order valence-corrected chi connectivity index (χ0v) is 5.02. The highest BCUT2D eigenvalue weighted by atomic mass is 19.1. The van der Waals surface area contributed by atoms with Crippen LogP contribution >= 0.6 is 0 Å². The average Bonchev–Trinajstić information content (AvgIpc) is 1.83. The number of aliphatic hydroxyl groups is 1. The normalized spacial score (nSPS) is 13.9. The van der Waals surface area contributed by atoms with Crippen LogP contribution in [0.3, 0.4) is 0 Å². The summed E-state index contributed by atoms with van der Waals surface area (Å²) in [5, 5.41) is 10.9. The maximum atomic E-state index is 12.0. The van der Waals surface area contributed by atoms with Gasteiger partial charge in [-0.1, -0.05) is 6.92 Å². The third-order valence-electron chi connectivity index (χ3n) is 0.814. The third kappa shape index (κ3) is 4.02. The van der Waals surface area contributed by atoms with Crippen molar-refractivity contribution in [2.75, 3.05) is 19.7 Å². The fraction of sp³-hybridized carbons (Fsp3) is 1.00. The molecule has 0 aliphatic rings. The van der Waals surface area contributed by atoms with Gasteiger partial charge in [-0.25, -0.2) is 4.39 Å². The lowest BCUT2D eigenvalue weighted by molar-refractivity contribution is 0.176. The van der Waals surface area contributed by atoms with Crippen molar-refractivity contribution in [1.29, 1.82) is 0 Å². The fourth-order valence-electron chi connectivity index (χ4n) is 0.366. The van der Waals surface area contributed by atoms with Crippen LogP contribution in [0.2, 0.25) is 0 Å². The molecule has 0 saturated carbocycles. The van der Waals surface area contributed by atoms with E-state index in [2.05, 4.69) is 5.32 Å². The van der Waals surface area contributed by atoms with Crippen molar-refractivity contribution < 1.29 is 9.50 Å². The van der Waals surface area contributed by atoms with Crippen LogP contribution in [0.15, 0.2) is 0 Å². The Hall–Kier alpha value is -0.150. The molecule has 0 aliphatic carbocycles. The predicted molar refractivity (Wildman–Crippen MR) is 30.5 cm³/mol. The molecule has 0 heterocycles. The number of aliphatic hydroxyl groups excluding tert-OH is 1. The minimum Gasteiger partial charge on any atom is -0.393 e. The largest absolute Gasteiger partial charge is 0.393 e. The van der Waals surface area contributed by atoms with Crippen molar-refractivity contribution in [3.8, 4) is 0 Å². The Labute approximate surface area is 48.7 Å². The van der Waals surface area contributed by atoms with Crippen LogP contribution in [0.4, 0.5) is 4.39 Å². The first-order chi connectivity index (χ1) is 3.81. The molecule has 0 saturated heterocycles. The van der Waals surface area contributed by atoms with Crippen LogP contribution in [0, 0.1) is 0 Å². The van der Waals surface area contributed by atoms with E-state index in [4.69, 9.17) is 5.11 Å². The average molecular weight is 121 g/mol. The molecule has 0 spiro atoms. The van der Waals surface area contributed by atoms with Crippen molar-refractivity contribution in [2.24, 2.45) is 0 Å². The Morgan fingerprint density at radius 1 is 1.75 bits per heavy atom. The van der Waals surface area contributed by atoms with Crippen molar-refractivity contribution in [3.63, 3.8) is 0 Å². The quantitative estimate of drug-likeness (QED) is 0.545. The van der Waals surface area contributed by atoms with Gasteiger partial charge in [-0.3, -0.25) is 0 Å². The number of hydrogen-bond acceptors (Lipinski definition) is 2. The van der Waals surface area contributed by atoms with Gasteiger partial charge in [0, 0.05) is 6.54 Å². The van der Waals surface area contributed by atoms with Gasteiger partial charge in [0.15, 0.2) is 0 Å². The molecule has 0 aromatic carbocycles. The van der Waals surface area contributed by atoms with Crippen molar-refractivity contribution in [2.45, 2.75) is 13.1 Å². The van der Waals surface area contributed by atoms with E-state index in [1.165, 1.54) is 0 Å². The maximum absolute atomic E-state index is 12.0. The van der Waals surface area contributed by atoms with Gasteiger partial charge in [-0.2, -0.15) is 0 Å². The third-order valence-corrected chi connectivity index (χ3v) is 0.814. The molecule has 0 aliphatic heterocycles. The summed E-state index contributed by atoms with van der Waals surface area (Å²) in [7, 11) is 0. The highest BCUT2D eigenvalue weighted by Crippen LogP contribution is 1.83. The summed E-state index contributed by atoms with van der Waals surface area (Å²) in [5.74, 6) is 0. The van der Waals surface area contributed by atoms with E-state index >= 15 is 0 Å². The monoisotopic (exact) mass is 121 g/mol. The van der Waals surface area contributed by atoms with Gasteiger partial charge in [0.2, 0.25) is 0 Å². The number of nitrogens with one attached hydrogen (secondary N) is 1. The molecule has 0 fully saturated rings. The van der Waals surface area contributed by atoms with Crippen LogP contribution in [-0.2, 0) is 0 Å². The lowest BCUT2D eigenvalue weighted by atomic mass is 10.4. The first kappa shape index (κ1) is 7.85. The van der Waals surface area contributed by atoms with Crippen LogP contribution in [-0.4, -0.2) is 31.0 Å². The van der Waals surface area contributed by atoms with Crippen LogP contribution in [0.25, 0.3) is 0 Å². The molecule has 0 radical (unpaired) electrons. The fourth-order valence-corrected chi connectivity index (χ4v) is 0.366. The summed E-state index contributed by atoms with van der Waals surface area (Å²) in [6, 6.07) is 0. The molecular weight excluding hydrogens is 109 g/mol. The molecule has 8 heavy (non-hydrogen) atoms. The van der Waals surface area contributed by atoms with E-state index in [1.807, 2.05) is 6.92 Å². The number of rotatable bonds is 4. The molecule has 0 rings (SSSR count). The Balaban J connectivity index is 2.86. The van der Waals surface area contributed by atoms with E-state index in [0.717, 1.165) is 6.54 Å². The summed E-state index contributed by atoms with van der Waals surface area (Å²) in [6.07, 6.45) is -1.10. The van der Waals surface area contributed by atoms with Gasteiger partial charge < -0.3 is 10.4 Å². The standard InChI is InChI=1S/C5H12FNO/c1-2-7-3-5(6)4-8/h5,7-8H,2-4H2,1H3. The van der Waals surface area contributed by atoms with Gasteiger partial charge in [-0.05, 0) is 6.54 Å². The van der Waals surface area contributed by atoms with E-state index in [9.17, 15) is 4.39 Å². The molecule has 0 aromatic heterocycles. The maximum Gasteiger partial charge on any atom is 0.135 e. The van der Waals surface area contributed by atoms with Crippen molar-refractivity contribution in [3.05, 3.63) is 0 Å². The van der Waals surface area contributed by atoms with Crippen LogP contribution < -0.4 is 5.32 Å². The number of halogens is 1. The highest BCUT2D eigenvalue weighted by Gasteiger charge is 1.99. The SMILES string of the molecule is CCNCC(F)CO. The molecule has 2 N–H and O–H groups in total. The van der Waals surface area contributed by atoms with Gasteiger partial charge >= 0.3 is 0 Å². The molecule has 0 bridgehead atoms. The van der Waals surface area contributed by atoms with E-state index < -0.39 is 6.17 Å². The van der Waals surface area contributed by atoms with Gasteiger partial charge in [0.25, 0.3) is 0 Å². The van der Waals surface area contributed by atoms with E-state index in [-0.39, 0.29) is 13.2 Å². The Morgan fingerprint density at radius 3 is 2.75 bits per heavy atom. The molecule has 3 heteroatoms. The Bertz CT molecular complexity index is 51.7. The lowest BCUT2D eigenvalue weighted by Gasteiger charge is -2.02. The molecule has 1 atom stereocenters. The zero-order chi connectivity index (χ0) is 6.41. The first-order valence-corrected chi connectivity index (χ1v) is 2.77. The summed E-state index contributed by atoms with van der Waals surface area (Å²) >= 11 is 0. The minimum absolute atomic E-state index is 0.257. The van der Waals surface area contributed by atoms with Crippen molar-refractivity contribution >= 4 is 0 Å². The van der Waals surface area contributed by atoms with E-state index in [1.54, 1.807) is 0 Å². The molecule has 2 nitrogen and oxygen atoms in total. The number of alkyl halides is 1. The smallest absolute Gasteiger partial charge is 0.135 e. The second kappa shape index (κ2) is 5.00. The second-order valence-electron chi connectivity index (χ2n) is 1.59. The zero-order valence-electron chi connectivity index (χ0n) is 5.02. The molecule has 50 valence electrons. The predicted octanol–water partition coefficient (Wildman–Crippen LogP) is -0.0737. The molecule has 0 amide bonds. The van der Waals surface area contributed by atoms with Crippen molar-refractivity contribution in [1.82, 2.24) is 5.32 Å². The Morgan fingerprint density at radius 2 is 2.38 bits per heavy atom. The number of hydrogen-bond donors (Lipinski definition) is 2. The van der Waals surface area contributed by atoms with Gasteiger partial charge in [0.1, 0.15) is 6.17 Å². The molecule has 0 aromatic rings. The minimum atomic E-state index is -1.10. The van der Waals surface area contributed by atoms with Gasteiger partial charge in [-0.15, -0.1) is 0 Å². The topological polar surface area (TPSA) is 32.3 Å². The first-order valence-electron chi connectivity index (χ1n) is 2.77. The summed E-state index contributed by atoms with van der Waals surface area (Å²) in [6.45, 7) is 2.52. The van der Waals surface area contributed by atoms with Crippen LogP contribution in [0.1, 0.15) is 6.92 Å². The second-order valence-corrected chi connectivity index (χ2v) is 1.59. The van der Waals surface area contributed by atoms with E-state index in [0.29, 0.717) is 0 Å². The lowest BCUT2D eigenvalue weighted by Crippen LogP contribution is -2.25. The summed E-state index contributed by atoms with van der Waals surface area (Å²) < 4.78 is 12.0. The summed E-state index contributed by atoms with van der Waals surface area (Å²) in [4.78, 5) is 0. The highest BCUT2D eigenvalue weighted by molar-refractivity contribution is 4.54. The molecular formula is C5H12FNO. The Kier molecular flexibility index (Phi) is 4.90.